The number of hydrogen-bond acceptors (Lipinski definition) is 5. The third-order valence-corrected chi connectivity index (χ3v) is 8.05. The number of anilines is 1. The molecule has 208 valence electrons. The van der Waals surface area contributed by atoms with Crippen molar-refractivity contribution >= 4 is 28.1 Å². The summed E-state index contributed by atoms with van der Waals surface area (Å²) in [6.45, 7) is 5.50. The minimum atomic E-state index is 0.247. The minimum Gasteiger partial charge on any atom is -0.508 e. The Labute approximate surface area is 245 Å². The van der Waals surface area contributed by atoms with Crippen LogP contribution in [0, 0.1) is 0 Å². The SMILES string of the molecule is Oc1ccc(-c2ccc3cc(O)ccc3c2Cc2ccc(OCCN3CCN(c4cccc(Cl)c4)CC3)cc2)cc1. The maximum absolute atomic E-state index is 10.0. The van der Waals surface area contributed by atoms with E-state index in [2.05, 4.69) is 34.1 Å². The topological polar surface area (TPSA) is 56.2 Å². The molecule has 0 spiro atoms. The van der Waals surface area contributed by atoms with Gasteiger partial charge >= 0.3 is 0 Å². The molecule has 1 saturated heterocycles. The Balaban J connectivity index is 1.09. The van der Waals surface area contributed by atoms with E-state index in [0.717, 1.165) is 71.8 Å². The molecule has 0 aromatic heterocycles. The molecule has 1 fully saturated rings. The molecule has 6 heteroatoms. The van der Waals surface area contributed by atoms with Gasteiger partial charge in [0.2, 0.25) is 0 Å². The molecule has 6 rings (SSSR count). The molecule has 5 aromatic rings. The van der Waals surface area contributed by atoms with Crippen molar-refractivity contribution < 1.29 is 14.9 Å². The minimum absolute atomic E-state index is 0.247. The summed E-state index contributed by atoms with van der Waals surface area (Å²) in [4.78, 5) is 4.83. The highest BCUT2D eigenvalue weighted by Gasteiger charge is 2.17. The van der Waals surface area contributed by atoms with Crippen LogP contribution < -0.4 is 9.64 Å². The molecular formula is C35H33ClN2O3. The highest BCUT2D eigenvalue weighted by atomic mass is 35.5. The molecule has 5 aromatic carbocycles. The van der Waals surface area contributed by atoms with Crippen LogP contribution >= 0.6 is 11.6 Å². The third kappa shape index (κ3) is 6.43. The van der Waals surface area contributed by atoms with Crippen LogP contribution in [-0.2, 0) is 6.42 Å². The molecule has 5 nitrogen and oxygen atoms in total. The van der Waals surface area contributed by atoms with Gasteiger partial charge in [0.1, 0.15) is 23.9 Å². The van der Waals surface area contributed by atoms with E-state index in [4.69, 9.17) is 16.3 Å². The summed E-state index contributed by atoms with van der Waals surface area (Å²) in [5, 5.41) is 22.7. The second kappa shape index (κ2) is 12.1. The van der Waals surface area contributed by atoms with E-state index >= 15 is 0 Å². The van der Waals surface area contributed by atoms with E-state index < -0.39 is 0 Å². The first-order chi connectivity index (χ1) is 20.0. The standard InChI is InChI=1S/C35H33ClN2O3/c36-28-2-1-3-29(24-28)38-18-16-37(17-19-38)20-21-41-32-12-4-25(5-13-32)22-35-33(26-6-9-30(39)10-7-26)14-8-27-23-31(40)11-15-34(27)35/h1-15,23-24,39-40H,16-22H2. The highest BCUT2D eigenvalue weighted by molar-refractivity contribution is 6.30. The molecule has 0 saturated carbocycles. The predicted octanol–water partition coefficient (Wildman–Crippen LogP) is 7.36. The number of hydrogen-bond donors (Lipinski definition) is 2. The number of halogens is 1. The number of piperazine rings is 1. The fraction of sp³-hybridized carbons (Fsp3) is 0.200. The Morgan fingerprint density at radius 3 is 2.24 bits per heavy atom. The zero-order chi connectivity index (χ0) is 28.2. The second-order valence-corrected chi connectivity index (χ2v) is 11.0. The van der Waals surface area contributed by atoms with Crippen molar-refractivity contribution in [2.75, 3.05) is 44.2 Å². The van der Waals surface area contributed by atoms with E-state index in [0.29, 0.717) is 6.61 Å². The summed E-state index contributed by atoms with van der Waals surface area (Å²) in [6, 6.07) is 33.4. The van der Waals surface area contributed by atoms with E-state index in [9.17, 15) is 10.2 Å². The summed E-state index contributed by atoms with van der Waals surface area (Å²) in [5.74, 6) is 1.37. The maximum Gasteiger partial charge on any atom is 0.119 e. The van der Waals surface area contributed by atoms with Gasteiger partial charge in [-0.2, -0.15) is 0 Å². The summed E-state index contributed by atoms with van der Waals surface area (Å²) >= 11 is 6.17. The van der Waals surface area contributed by atoms with Crippen LogP contribution in [0.15, 0.2) is 103 Å². The zero-order valence-corrected chi connectivity index (χ0v) is 23.6. The smallest absolute Gasteiger partial charge is 0.119 e. The van der Waals surface area contributed by atoms with E-state index in [1.54, 1.807) is 24.3 Å². The van der Waals surface area contributed by atoms with Crippen LogP contribution in [0.4, 0.5) is 5.69 Å². The first-order valence-corrected chi connectivity index (χ1v) is 14.4. The molecule has 0 amide bonds. The number of phenolic OH excluding ortho intramolecular Hbond substituents is 2. The van der Waals surface area contributed by atoms with Crippen LogP contribution in [0.2, 0.25) is 5.02 Å². The monoisotopic (exact) mass is 564 g/mol. The van der Waals surface area contributed by atoms with Crippen molar-refractivity contribution in [3.05, 3.63) is 119 Å². The Bertz CT molecular complexity index is 1630. The van der Waals surface area contributed by atoms with Gasteiger partial charge in [-0.15, -0.1) is 0 Å². The quantitative estimate of drug-likeness (QED) is 0.206. The lowest BCUT2D eigenvalue weighted by Crippen LogP contribution is -2.47. The lowest BCUT2D eigenvalue weighted by atomic mass is 9.90. The number of fused-ring (bicyclic) bond motifs is 1. The number of rotatable bonds is 8. The van der Waals surface area contributed by atoms with Crippen molar-refractivity contribution in [2.24, 2.45) is 0 Å². The Kier molecular flexibility index (Phi) is 7.99. The number of ether oxygens (including phenoxy) is 1. The molecule has 0 radical (unpaired) electrons. The summed E-state index contributed by atoms with van der Waals surface area (Å²) in [6.07, 6.45) is 0.732. The highest BCUT2D eigenvalue weighted by Crippen LogP contribution is 2.34. The van der Waals surface area contributed by atoms with Crippen LogP contribution in [0.1, 0.15) is 11.1 Å². The number of phenols is 2. The van der Waals surface area contributed by atoms with Gasteiger partial charge in [0.05, 0.1) is 0 Å². The Morgan fingerprint density at radius 1 is 0.732 bits per heavy atom. The van der Waals surface area contributed by atoms with Gasteiger partial charge in [-0.05, 0) is 94.0 Å². The average Bonchev–Trinajstić information content (AvgIpc) is 2.99. The molecule has 0 atom stereocenters. The fourth-order valence-corrected chi connectivity index (χ4v) is 5.77. The molecule has 2 N–H and O–H groups in total. The van der Waals surface area contributed by atoms with Gasteiger partial charge in [0.15, 0.2) is 0 Å². The van der Waals surface area contributed by atoms with Crippen molar-refractivity contribution in [2.45, 2.75) is 6.42 Å². The lowest BCUT2D eigenvalue weighted by molar-refractivity contribution is 0.200. The van der Waals surface area contributed by atoms with Crippen LogP contribution in [-0.4, -0.2) is 54.4 Å². The molecule has 0 aliphatic carbocycles. The van der Waals surface area contributed by atoms with Crippen LogP contribution in [0.5, 0.6) is 17.2 Å². The summed E-state index contributed by atoms with van der Waals surface area (Å²) in [5.41, 5.74) is 5.69. The number of aromatic hydroxyl groups is 2. The molecule has 41 heavy (non-hydrogen) atoms. The van der Waals surface area contributed by atoms with Gasteiger partial charge in [-0.25, -0.2) is 0 Å². The third-order valence-electron chi connectivity index (χ3n) is 7.82. The normalized spacial score (nSPS) is 13.9. The number of nitrogens with zero attached hydrogens (tertiary/aromatic N) is 2. The second-order valence-electron chi connectivity index (χ2n) is 10.5. The predicted molar refractivity (Wildman–Crippen MR) is 168 cm³/mol. The van der Waals surface area contributed by atoms with Crippen molar-refractivity contribution in [1.29, 1.82) is 0 Å². The molecule has 1 heterocycles. The molecule has 1 aliphatic rings. The lowest BCUT2D eigenvalue weighted by Gasteiger charge is -2.36. The molecule has 0 bridgehead atoms. The largest absolute Gasteiger partial charge is 0.508 e. The van der Waals surface area contributed by atoms with Gasteiger partial charge < -0.3 is 19.8 Å². The van der Waals surface area contributed by atoms with Crippen molar-refractivity contribution in [1.82, 2.24) is 4.90 Å². The Hall–Kier alpha value is -4.19. The molecule has 0 unspecified atom stereocenters. The average molecular weight is 565 g/mol. The Morgan fingerprint density at radius 2 is 1.49 bits per heavy atom. The molecular weight excluding hydrogens is 532 g/mol. The van der Waals surface area contributed by atoms with E-state index in [1.165, 1.54) is 16.8 Å². The maximum atomic E-state index is 10.0. The zero-order valence-electron chi connectivity index (χ0n) is 22.8. The van der Waals surface area contributed by atoms with Gasteiger partial charge in [-0.3, -0.25) is 4.90 Å². The summed E-state index contributed by atoms with van der Waals surface area (Å²) < 4.78 is 6.10. The first-order valence-electron chi connectivity index (χ1n) is 14.0. The van der Waals surface area contributed by atoms with E-state index in [1.807, 2.05) is 54.6 Å². The number of benzene rings is 5. The summed E-state index contributed by atoms with van der Waals surface area (Å²) in [7, 11) is 0. The van der Waals surface area contributed by atoms with Gasteiger partial charge in [-0.1, -0.05) is 60.1 Å². The molecule has 1 aliphatic heterocycles. The van der Waals surface area contributed by atoms with Gasteiger partial charge in [0, 0.05) is 43.4 Å². The van der Waals surface area contributed by atoms with Crippen molar-refractivity contribution in [3.8, 4) is 28.4 Å². The van der Waals surface area contributed by atoms with Crippen LogP contribution in [0.3, 0.4) is 0 Å². The van der Waals surface area contributed by atoms with E-state index in [-0.39, 0.29) is 11.5 Å². The van der Waals surface area contributed by atoms with Crippen molar-refractivity contribution in [3.63, 3.8) is 0 Å². The van der Waals surface area contributed by atoms with Gasteiger partial charge in [0.25, 0.3) is 0 Å². The first kappa shape index (κ1) is 27.0. The van der Waals surface area contributed by atoms with Crippen LogP contribution in [0.25, 0.3) is 21.9 Å². The fourth-order valence-electron chi connectivity index (χ4n) is 5.59.